The van der Waals surface area contributed by atoms with Gasteiger partial charge in [-0.15, -0.1) is 0 Å². The molecule has 0 aliphatic carbocycles. The molecule has 5 heteroatoms. The van der Waals surface area contributed by atoms with Crippen LogP contribution in [-0.2, 0) is 0 Å². The number of hydrogen-bond donors (Lipinski definition) is 2. The number of rotatable bonds is 4. The minimum atomic E-state index is -0.930. The number of carboxylic acid groups (broad SMARTS) is 1. The number of carbonyl (C=O) groups is 1. The minimum Gasteiger partial charge on any atom is -0.478 e. The molecule has 1 aliphatic rings. The van der Waals surface area contributed by atoms with Gasteiger partial charge in [-0.05, 0) is 44.7 Å². The largest absolute Gasteiger partial charge is 0.478 e. The van der Waals surface area contributed by atoms with Gasteiger partial charge in [-0.1, -0.05) is 6.92 Å². The van der Waals surface area contributed by atoms with E-state index in [1.54, 1.807) is 6.92 Å². The van der Waals surface area contributed by atoms with Crippen LogP contribution in [0.25, 0.3) is 0 Å². The smallest absolute Gasteiger partial charge is 0.337 e. The van der Waals surface area contributed by atoms with Crippen molar-refractivity contribution >= 4 is 11.8 Å². The quantitative estimate of drug-likeness (QED) is 0.891. The monoisotopic (exact) mass is 292 g/mol. The number of hydrogen-bond acceptors (Lipinski definition) is 4. The summed E-state index contributed by atoms with van der Waals surface area (Å²) in [6.07, 6.45) is 2.99. The van der Waals surface area contributed by atoms with E-state index in [9.17, 15) is 15.0 Å². The Balaban J connectivity index is 2.32. The summed E-state index contributed by atoms with van der Waals surface area (Å²) >= 11 is 0. The summed E-state index contributed by atoms with van der Waals surface area (Å²) in [6.45, 7) is 7.52. The maximum atomic E-state index is 11.2. The van der Waals surface area contributed by atoms with Crippen LogP contribution in [0, 0.1) is 19.3 Å². The molecule has 116 valence electrons. The Hall–Kier alpha value is -1.62. The second-order valence-electron chi connectivity index (χ2n) is 6.10. The average Bonchev–Trinajstić information content (AvgIpc) is 2.46. The molecular formula is C16H24N2O3. The molecule has 0 saturated carbocycles. The third kappa shape index (κ3) is 3.02. The first-order valence-corrected chi connectivity index (χ1v) is 7.50. The zero-order valence-corrected chi connectivity index (χ0v) is 13.0. The first-order chi connectivity index (χ1) is 9.92. The topological polar surface area (TPSA) is 73.7 Å². The van der Waals surface area contributed by atoms with Gasteiger partial charge in [-0.3, -0.25) is 0 Å². The Kier molecular flexibility index (Phi) is 4.52. The number of piperidine rings is 1. The van der Waals surface area contributed by atoms with Crippen LogP contribution in [0.5, 0.6) is 0 Å². The molecule has 1 aromatic heterocycles. The van der Waals surface area contributed by atoms with Gasteiger partial charge in [0.15, 0.2) is 0 Å². The number of aromatic carboxylic acids is 1. The summed E-state index contributed by atoms with van der Waals surface area (Å²) < 4.78 is 0. The van der Waals surface area contributed by atoms with E-state index in [1.165, 1.54) is 0 Å². The zero-order valence-electron chi connectivity index (χ0n) is 13.0. The Labute approximate surface area is 125 Å². The van der Waals surface area contributed by atoms with Crippen molar-refractivity contribution in [2.45, 2.75) is 40.0 Å². The Morgan fingerprint density at radius 3 is 2.71 bits per heavy atom. The van der Waals surface area contributed by atoms with E-state index in [1.807, 2.05) is 13.0 Å². The maximum absolute atomic E-state index is 11.2. The number of aromatic nitrogens is 1. The number of pyridine rings is 1. The van der Waals surface area contributed by atoms with Crippen molar-refractivity contribution in [3.05, 3.63) is 22.9 Å². The predicted octanol–water partition coefficient (Wildman–Crippen LogP) is 2.39. The highest BCUT2D eigenvalue weighted by Crippen LogP contribution is 2.35. The standard InChI is InChI=1S/C16H24N2O3/c1-4-16(10-19)6-5-7-18(9-16)13-8-11(2)14(15(20)21)12(3)17-13/h8,19H,4-7,9-10H2,1-3H3,(H,20,21). The molecule has 1 aromatic rings. The summed E-state index contributed by atoms with van der Waals surface area (Å²) in [5, 5.41) is 18.9. The molecule has 1 aliphatic heterocycles. The highest BCUT2D eigenvalue weighted by atomic mass is 16.4. The molecule has 1 atom stereocenters. The lowest BCUT2D eigenvalue weighted by Gasteiger charge is -2.42. The van der Waals surface area contributed by atoms with E-state index in [0.717, 1.165) is 43.7 Å². The van der Waals surface area contributed by atoms with E-state index in [4.69, 9.17) is 0 Å². The summed E-state index contributed by atoms with van der Waals surface area (Å²) in [4.78, 5) is 17.9. The van der Waals surface area contributed by atoms with Crippen molar-refractivity contribution in [2.24, 2.45) is 5.41 Å². The van der Waals surface area contributed by atoms with Crippen LogP contribution in [0.2, 0.25) is 0 Å². The number of nitrogens with zero attached hydrogens (tertiary/aromatic N) is 2. The molecule has 5 nitrogen and oxygen atoms in total. The van der Waals surface area contributed by atoms with E-state index in [0.29, 0.717) is 11.3 Å². The van der Waals surface area contributed by atoms with Crippen molar-refractivity contribution in [1.82, 2.24) is 4.98 Å². The lowest BCUT2D eigenvalue weighted by Crippen LogP contribution is -2.45. The van der Waals surface area contributed by atoms with Crippen molar-refractivity contribution in [3.63, 3.8) is 0 Å². The molecule has 0 amide bonds. The lowest BCUT2D eigenvalue weighted by atomic mass is 9.78. The van der Waals surface area contributed by atoms with Gasteiger partial charge in [0.1, 0.15) is 5.82 Å². The Morgan fingerprint density at radius 1 is 1.48 bits per heavy atom. The highest BCUT2D eigenvalue weighted by molar-refractivity contribution is 5.90. The molecule has 1 fully saturated rings. The molecule has 0 spiro atoms. The predicted molar refractivity (Wildman–Crippen MR) is 81.9 cm³/mol. The van der Waals surface area contributed by atoms with Gasteiger partial charge in [0, 0.05) is 18.5 Å². The zero-order chi connectivity index (χ0) is 15.6. The number of aliphatic hydroxyl groups is 1. The first-order valence-electron chi connectivity index (χ1n) is 7.50. The highest BCUT2D eigenvalue weighted by Gasteiger charge is 2.34. The van der Waals surface area contributed by atoms with Gasteiger partial charge in [0.2, 0.25) is 0 Å². The van der Waals surface area contributed by atoms with Crippen LogP contribution in [0.3, 0.4) is 0 Å². The van der Waals surface area contributed by atoms with Crippen LogP contribution in [-0.4, -0.2) is 40.9 Å². The summed E-state index contributed by atoms with van der Waals surface area (Å²) in [7, 11) is 0. The van der Waals surface area contributed by atoms with Gasteiger partial charge in [0.25, 0.3) is 0 Å². The molecule has 0 bridgehead atoms. The van der Waals surface area contributed by atoms with Crippen molar-refractivity contribution in [2.75, 3.05) is 24.6 Å². The first kappa shape index (κ1) is 15.8. The SMILES string of the molecule is CCC1(CO)CCCN(c2cc(C)c(C(=O)O)c(C)n2)C1. The van der Waals surface area contributed by atoms with Crippen LogP contribution >= 0.6 is 0 Å². The van der Waals surface area contributed by atoms with Gasteiger partial charge in [0.05, 0.1) is 17.9 Å². The van der Waals surface area contributed by atoms with Crippen molar-refractivity contribution < 1.29 is 15.0 Å². The van der Waals surface area contributed by atoms with Crippen LogP contribution in [0.15, 0.2) is 6.07 Å². The number of anilines is 1. The molecular weight excluding hydrogens is 268 g/mol. The molecule has 21 heavy (non-hydrogen) atoms. The fourth-order valence-corrected chi connectivity index (χ4v) is 3.23. The molecule has 1 saturated heterocycles. The molecule has 2 heterocycles. The molecule has 0 radical (unpaired) electrons. The third-order valence-electron chi connectivity index (χ3n) is 4.67. The molecule has 2 N–H and O–H groups in total. The minimum absolute atomic E-state index is 0.0623. The normalized spacial score (nSPS) is 22.4. The fraction of sp³-hybridized carbons (Fsp3) is 0.625. The van der Waals surface area contributed by atoms with E-state index in [2.05, 4.69) is 16.8 Å². The van der Waals surface area contributed by atoms with Crippen LogP contribution in [0.1, 0.15) is 47.8 Å². The van der Waals surface area contributed by atoms with E-state index >= 15 is 0 Å². The Morgan fingerprint density at radius 2 is 2.19 bits per heavy atom. The number of aliphatic hydroxyl groups excluding tert-OH is 1. The lowest BCUT2D eigenvalue weighted by molar-refractivity contribution is 0.0695. The second kappa shape index (κ2) is 6.02. The Bertz CT molecular complexity index is 515. The second-order valence-corrected chi connectivity index (χ2v) is 6.10. The van der Waals surface area contributed by atoms with Gasteiger partial charge < -0.3 is 15.1 Å². The van der Waals surface area contributed by atoms with Gasteiger partial charge in [-0.2, -0.15) is 0 Å². The number of carboxylic acids is 1. The van der Waals surface area contributed by atoms with Crippen molar-refractivity contribution in [1.29, 1.82) is 0 Å². The van der Waals surface area contributed by atoms with E-state index < -0.39 is 5.97 Å². The van der Waals surface area contributed by atoms with Crippen LogP contribution in [0.4, 0.5) is 5.82 Å². The summed E-state index contributed by atoms with van der Waals surface area (Å²) in [6, 6.07) is 1.85. The average molecular weight is 292 g/mol. The molecule has 2 rings (SSSR count). The van der Waals surface area contributed by atoms with Gasteiger partial charge in [-0.25, -0.2) is 9.78 Å². The molecule has 0 aromatic carbocycles. The fourth-order valence-electron chi connectivity index (χ4n) is 3.23. The molecule has 1 unspecified atom stereocenters. The van der Waals surface area contributed by atoms with Crippen LogP contribution < -0.4 is 4.90 Å². The van der Waals surface area contributed by atoms with Gasteiger partial charge >= 0.3 is 5.97 Å². The number of aryl methyl sites for hydroxylation is 2. The maximum Gasteiger partial charge on any atom is 0.337 e. The van der Waals surface area contributed by atoms with Crippen molar-refractivity contribution in [3.8, 4) is 0 Å². The third-order valence-corrected chi connectivity index (χ3v) is 4.67. The van der Waals surface area contributed by atoms with E-state index in [-0.39, 0.29) is 12.0 Å². The summed E-state index contributed by atoms with van der Waals surface area (Å²) in [5.41, 5.74) is 1.52. The summed E-state index contributed by atoms with van der Waals surface area (Å²) in [5.74, 6) is -0.109.